The van der Waals surface area contributed by atoms with Crippen LogP contribution in [0.3, 0.4) is 0 Å². The number of halogens is 1. The summed E-state index contributed by atoms with van der Waals surface area (Å²) in [5.74, 6) is 0.814. The summed E-state index contributed by atoms with van der Waals surface area (Å²) >= 11 is 5.41. The van der Waals surface area contributed by atoms with Gasteiger partial charge in [-0.3, -0.25) is 4.79 Å². The molecule has 1 amide bonds. The minimum atomic E-state index is 0.147. The van der Waals surface area contributed by atoms with E-state index in [0.717, 1.165) is 17.8 Å². The van der Waals surface area contributed by atoms with E-state index in [1.54, 1.807) is 11.3 Å². The Bertz CT molecular complexity index is 467. The summed E-state index contributed by atoms with van der Waals surface area (Å²) in [5, 5.41) is 3.16. The topological polar surface area (TPSA) is 29.1 Å². The number of fused-ring (bicyclic) bond motifs is 1. The number of carbonyl (C=O) groups is 1. The molecule has 3 rings (SSSR count). The fourth-order valence-corrected chi connectivity index (χ4v) is 5.13. The van der Waals surface area contributed by atoms with Gasteiger partial charge in [-0.1, -0.05) is 22.4 Å². The number of alkyl halides is 1. The number of thiophene rings is 1. The maximum atomic E-state index is 12.3. The first kappa shape index (κ1) is 15.5. The Morgan fingerprint density at radius 1 is 1.19 bits per heavy atom. The Labute approximate surface area is 139 Å². The van der Waals surface area contributed by atoms with Crippen molar-refractivity contribution in [2.24, 2.45) is 5.92 Å². The van der Waals surface area contributed by atoms with Crippen LogP contribution < -0.4 is 5.32 Å². The fourth-order valence-electron chi connectivity index (χ4n) is 3.43. The lowest BCUT2D eigenvalue weighted by molar-refractivity contribution is 0.0948. The first-order valence-corrected chi connectivity index (χ1v) is 9.99. The van der Waals surface area contributed by atoms with E-state index in [9.17, 15) is 4.79 Å². The molecule has 1 fully saturated rings. The number of rotatable bonds is 3. The highest BCUT2D eigenvalue weighted by Gasteiger charge is 2.21. The molecule has 0 aromatic carbocycles. The highest BCUT2D eigenvalue weighted by atomic mass is 79.9. The van der Waals surface area contributed by atoms with Gasteiger partial charge < -0.3 is 5.32 Å². The van der Waals surface area contributed by atoms with Crippen LogP contribution in [0.2, 0.25) is 0 Å². The predicted octanol–water partition coefficient (Wildman–Crippen LogP) is 4.70. The molecule has 0 aliphatic heterocycles. The van der Waals surface area contributed by atoms with Gasteiger partial charge in [-0.25, -0.2) is 0 Å². The molecule has 2 aliphatic carbocycles. The number of hydrogen-bond acceptors (Lipinski definition) is 2. The zero-order valence-electron chi connectivity index (χ0n) is 12.5. The molecule has 0 atom stereocenters. The first-order valence-electron chi connectivity index (χ1n) is 8.26. The Hall–Kier alpha value is -0.350. The van der Waals surface area contributed by atoms with Crippen molar-refractivity contribution in [1.29, 1.82) is 0 Å². The Kier molecular flexibility index (Phi) is 5.38. The molecular weight excluding hydrogens is 346 g/mol. The second-order valence-electron chi connectivity index (χ2n) is 6.45. The van der Waals surface area contributed by atoms with E-state index in [0.29, 0.717) is 10.7 Å². The summed E-state index contributed by atoms with van der Waals surface area (Å²) < 4.78 is 0. The second kappa shape index (κ2) is 7.28. The fraction of sp³-hybridized carbons (Fsp3) is 0.706. The monoisotopic (exact) mass is 369 g/mol. The van der Waals surface area contributed by atoms with Crippen LogP contribution in [0.15, 0.2) is 6.07 Å². The van der Waals surface area contributed by atoms with E-state index in [2.05, 4.69) is 27.3 Å². The Balaban J connectivity index is 1.53. The molecule has 0 saturated heterocycles. The van der Waals surface area contributed by atoms with E-state index in [4.69, 9.17) is 0 Å². The largest absolute Gasteiger partial charge is 0.351 e. The van der Waals surface area contributed by atoms with Crippen LogP contribution in [0, 0.1) is 5.92 Å². The van der Waals surface area contributed by atoms with Gasteiger partial charge in [-0.15, -0.1) is 11.3 Å². The molecule has 1 saturated carbocycles. The molecule has 1 aromatic heterocycles. The molecule has 2 nitrogen and oxygen atoms in total. The van der Waals surface area contributed by atoms with Crippen LogP contribution in [0.5, 0.6) is 0 Å². The van der Waals surface area contributed by atoms with E-state index in [1.807, 2.05) is 0 Å². The highest BCUT2D eigenvalue weighted by molar-refractivity contribution is 9.09. The minimum absolute atomic E-state index is 0.147. The first-order chi connectivity index (χ1) is 10.2. The average Bonchev–Trinajstić information content (AvgIpc) is 2.78. The van der Waals surface area contributed by atoms with Crippen molar-refractivity contribution < 1.29 is 4.79 Å². The summed E-state index contributed by atoms with van der Waals surface area (Å²) in [7, 11) is 0. The predicted molar refractivity (Wildman–Crippen MR) is 92.6 cm³/mol. The lowest BCUT2D eigenvalue weighted by Gasteiger charge is -2.25. The van der Waals surface area contributed by atoms with Crippen molar-refractivity contribution in [3.8, 4) is 0 Å². The molecule has 0 bridgehead atoms. The van der Waals surface area contributed by atoms with Gasteiger partial charge in [0, 0.05) is 16.2 Å². The number of aryl methyl sites for hydroxylation is 2. The van der Waals surface area contributed by atoms with Gasteiger partial charge in [-0.2, -0.15) is 0 Å². The summed E-state index contributed by atoms with van der Waals surface area (Å²) in [4.78, 5) is 15.4. The molecule has 1 N–H and O–H groups in total. The molecule has 116 valence electrons. The summed E-state index contributed by atoms with van der Waals surface area (Å²) in [6.07, 6.45) is 11.2. The quantitative estimate of drug-likeness (QED) is 0.606. The lowest BCUT2D eigenvalue weighted by atomic mass is 9.89. The molecule has 2 aliphatic rings. The van der Waals surface area contributed by atoms with E-state index in [-0.39, 0.29) is 5.91 Å². The second-order valence-corrected chi connectivity index (χ2v) is 8.88. The van der Waals surface area contributed by atoms with Crippen LogP contribution >= 0.6 is 27.3 Å². The normalized spacial score (nSPS) is 26.0. The smallest absolute Gasteiger partial charge is 0.261 e. The van der Waals surface area contributed by atoms with Crippen LogP contribution in [0.25, 0.3) is 0 Å². The molecule has 1 aromatic rings. The highest BCUT2D eigenvalue weighted by Crippen LogP contribution is 2.30. The van der Waals surface area contributed by atoms with Gasteiger partial charge in [0.05, 0.1) is 4.88 Å². The third kappa shape index (κ3) is 4.10. The number of amides is 1. The summed E-state index contributed by atoms with van der Waals surface area (Å²) in [6, 6.07) is 2.15. The molecule has 21 heavy (non-hydrogen) atoms. The van der Waals surface area contributed by atoms with E-state index in [1.165, 1.54) is 61.8 Å². The van der Waals surface area contributed by atoms with Crippen LogP contribution in [0.4, 0.5) is 0 Å². The third-order valence-corrected chi connectivity index (χ3v) is 6.95. The standard InChI is InChI=1S/C17H24BrNOS/c18-14-8-6-12(7-9-14)11-19-17(20)16-10-13-4-2-1-3-5-15(13)21-16/h10,12,14H,1-9,11H2,(H,19,20). The van der Waals surface area contributed by atoms with Gasteiger partial charge in [0.1, 0.15) is 0 Å². The zero-order valence-corrected chi connectivity index (χ0v) is 14.9. The van der Waals surface area contributed by atoms with E-state index < -0.39 is 0 Å². The van der Waals surface area contributed by atoms with Crippen molar-refractivity contribution in [3.05, 3.63) is 21.4 Å². The zero-order chi connectivity index (χ0) is 14.7. The van der Waals surface area contributed by atoms with E-state index >= 15 is 0 Å². The molecule has 0 spiro atoms. The lowest BCUT2D eigenvalue weighted by Crippen LogP contribution is -2.30. The molecule has 4 heteroatoms. The number of carbonyl (C=O) groups excluding carboxylic acids is 1. The van der Waals surface area contributed by atoms with Crippen LogP contribution in [-0.4, -0.2) is 17.3 Å². The van der Waals surface area contributed by atoms with Crippen molar-refractivity contribution >= 4 is 33.2 Å². The van der Waals surface area contributed by atoms with Crippen molar-refractivity contribution in [1.82, 2.24) is 5.32 Å². The third-order valence-electron chi connectivity index (χ3n) is 4.80. The van der Waals surface area contributed by atoms with Crippen molar-refractivity contribution in [2.75, 3.05) is 6.54 Å². The number of nitrogens with one attached hydrogen (secondary N) is 1. The van der Waals surface area contributed by atoms with Crippen molar-refractivity contribution in [2.45, 2.75) is 62.6 Å². The molecular formula is C17H24BrNOS. The maximum absolute atomic E-state index is 12.3. The Morgan fingerprint density at radius 3 is 2.76 bits per heavy atom. The summed E-state index contributed by atoms with van der Waals surface area (Å²) in [6.45, 7) is 0.848. The molecule has 1 heterocycles. The van der Waals surface area contributed by atoms with Crippen LogP contribution in [0.1, 0.15) is 65.1 Å². The minimum Gasteiger partial charge on any atom is -0.351 e. The SMILES string of the molecule is O=C(NCC1CCC(Br)CC1)c1cc2c(s1)CCCCC2. The number of hydrogen-bond donors (Lipinski definition) is 1. The summed E-state index contributed by atoms with van der Waals surface area (Å²) in [5.41, 5.74) is 1.43. The van der Waals surface area contributed by atoms with Crippen LogP contribution in [-0.2, 0) is 12.8 Å². The van der Waals surface area contributed by atoms with Gasteiger partial charge in [0.15, 0.2) is 0 Å². The van der Waals surface area contributed by atoms with Gasteiger partial charge >= 0.3 is 0 Å². The van der Waals surface area contributed by atoms with Gasteiger partial charge in [0.25, 0.3) is 5.91 Å². The maximum Gasteiger partial charge on any atom is 0.261 e. The molecule has 0 unspecified atom stereocenters. The molecule has 0 radical (unpaired) electrons. The van der Waals surface area contributed by atoms with Crippen molar-refractivity contribution in [3.63, 3.8) is 0 Å². The van der Waals surface area contributed by atoms with Gasteiger partial charge in [-0.05, 0) is 68.9 Å². The average molecular weight is 370 g/mol. The van der Waals surface area contributed by atoms with Gasteiger partial charge in [0.2, 0.25) is 0 Å². The Morgan fingerprint density at radius 2 is 1.95 bits per heavy atom.